The van der Waals surface area contributed by atoms with Crippen molar-refractivity contribution in [2.24, 2.45) is 5.14 Å². The standard InChI is InChI=1S/C21H21NO2S/c1-14-12-13-20(25(22,23)24)21-16(14)9-5-11-19(21)18-10-4-7-15-6-2-3-8-17(15)18/h2-3,5-6,8-9,11-13,18H,4,7,10H2,1H3,(H2,22,23,24). The van der Waals surface area contributed by atoms with Gasteiger partial charge in [0.25, 0.3) is 0 Å². The molecule has 3 nitrogen and oxygen atoms in total. The van der Waals surface area contributed by atoms with Crippen LogP contribution in [0.25, 0.3) is 10.8 Å². The van der Waals surface area contributed by atoms with Gasteiger partial charge in [0.1, 0.15) is 0 Å². The third-order valence-corrected chi connectivity index (χ3v) is 6.26. The van der Waals surface area contributed by atoms with Gasteiger partial charge in [0.2, 0.25) is 10.0 Å². The molecule has 0 amide bonds. The SMILES string of the molecule is Cc1ccc(S(N)(=O)=O)c2c(C3CCCc4ccccc43)cccc12. The van der Waals surface area contributed by atoms with E-state index in [0.29, 0.717) is 0 Å². The number of nitrogens with two attached hydrogens (primary N) is 1. The molecule has 1 aliphatic rings. The summed E-state index contributed by atoms with van der Waals surface area (Å²) in [6.07, 6.45) is 3.21. The van der Waals surface area contributed by atoms with E-state index in [1.54, 1.807) is 6.07 Å². The fourth-order valence-electron chi connectivity index (χ4n) is 4.15. The molecule has 4 rings (SSSR count). The minimum atomic E-state index is -3.78. The summed E-state index contributed by atoms with van der Waals surface area (Å²) in [4.78, 5) is 0.228. The zero-order chi connectivity index (χ0) is 17.6. The average Bonchev–Trinajstić information content (AvgIpc) is 2.60. The molecule has 0 saturated heterocycles. The molecule has 0 aromatic heterocycles. The third-order valence-electron chi connectivity index (χ3n) is 5.30. The lowest BCUT2D eigenvalue weighted by molar-refractivity contribution is 0.598. The lowest BCUT2D eigenvalue weighted by atomic mass is 9.77. The summed E-state index contributed by atoms with van der Waals surface area (Å²) in [7, 11) is -3.78. The maximum atomic E-state index is 12.2. The minimum Gasteiger partial charge on any atom is -0.225 e. The van der Waals surface area contributed by atoms with Crippen LogP contribution in [0.1, 0.15) is 41.0 Å². The summed E-state index contributed by atoms with van der Waals surface area (Å²) in [6.45, 7) is 2.01. The molecule has 0 aliphatic heterocycles. The molecule has 3 aromatic carbocycles. The number of primary sulfonamides is 1. The van der Waals surface area contributed by atoms with E-state index in [1.807, 2.05) is 25.1 Å². The Balaban J connectivity index is 2.06. The van der Waals surface area contributed by atoms with Crippen LogP contribution in [-0.2, 0) is 16.4 Å². The zero-order valence-electron chi connectivity index (χ0n) is 14.2. The molecule has 1 unspecified atom stereocenters. The van der Waals surface area contributed by atoms with Crippen molar-refractivity contribution in [2.75, 3.05) is 0 Å². The van der Waals surface area contributed by atoms with Crippen molar-refractivity contribution in [1.29, 1.82) is 0 Å². The van der Waals surface area contributed by atoms with E-state index >= 15 is 0 Å². The van der Waals surface area contributed by atoms with E-state index in [4.69, 9.17) is 5.14 Å². The van der Waals surface area contributed by atoms with Crippen molar-refractivity contribution in [1.82, 2.24) is 0 Å². The molecule has 3 aromatic rings. The summed E-state index contributed by atoms with van der Waals surface area (Å²) >= 11 is 0. The van der Waals surface area contributed by atoms with E-state index in [1.165, 1.54) is 11.1 Å². The summed E-state index contributed by atoms with van der Waals surface area (Å²) in [5.74, 6) is 0.205. The Hall–Kier alpha value is -2.17. The fourth-order valence-corrected chi connectivity index (χ4v) is 4.92. The maximum Gasteiger partial charge on any atom is 0.238 e. The Labute approximate surface area is 148 Å². The van der Waals surface area contributed by atoms with Crippen LogP contribution >= 0.6 is 0 Å². The summed E-state index contributed by atoms with van der Waals surface area (Å²) in [5.41, 5.74) is 4.80. The Morgan fingerprint density at radius 2 is 1.72 bits per heavy atom. The molecule has 2 N–H and O–H groups in total. The van der Waals surface area contributed by atoms with E-state index < -0.39 is 10.0 Å². The van der Waals surface area contributed by atoms with Crippen molar-refractivity contribution < 1.29 is 8.42 Å². The second-order valence-corrected chi connectivity index (χ2v) is 8.37. The summed E-state index contributed by atoms with van der Waals surface area (Å²) in [6, 6.07) is 18.0. The van der Waals surface area contributed by atoms with Crippen molar-refractivity contribution in [3.05, 3.63) is 76.9 Å². The Morgan fingerprint density at radius 1 is 0.960 bits per heavy atom. The van der Waals surface area contributed by atoms with Crippen LogP contribution in [0.4, 0.5) is 0 Å². The molecule has 128 valence electrons. The van der Waals surface area contributed by atoms with Gasteiger partial charge in [0.05, 0.1) is 4.90 Å². The first-order valence-corrected chi connectivity index (χ1v) is 10.1. The monoisotopic (exact) mass is 351 g/mol. The number of aryl methyl sites for hydroxylation is 2. The molecular weight excluding hydrogens is 330 g/mol. The lowest BCUT2D eigenvalue weighted by Gasteiger charge is -2.27. The molecule has 0 bridgehead atoms. The molecule has 25 heavy (non-hydrogen) atoms. The molecule has 0 spiro atoms. The van der Waals surface area contributed by atoms with Gasteiger partial charge in [-0.05, 0) is 59.9 Å². The van der Waals surface area contributed by atoms with E-state index in [0.717, 1.165) is 41.2 Å². The topological polar surface area (TPSA) is 60.2 Å². The van der Waals surface area contributed by atoms with Crippen LogP contribution < -0.4 is 5.14 Å². The molecular formula is C21H21NO2S. The average molecular weight is 351 g/mol. The molecule has 0 fully saturated rings. The lowest BCUT2D eigenvalue weighted by Crippen LogP contribution is -2.15. The molecule has 1 atom stereocenters. The predicted octanol–water partition coefficient (Wildman–Crippen LogP) is 4.26. The minimum absolute atomic E-state index is 0.205. The van der Waals surface area contributed by atoms with Gasteiger partial charge in [-0.2, -0.15) is 0 Å². The van der Waals surface area contributed by atoms with Gasteiger partial charge in [0.15, 0.2) is 0 Å². The van der Waals surface area contributed by atoms with Crippen LogP contribution in [0.5, 0.6) is 0 Å². The smallest absolute Gasteiger partial charge is 0.225 e. The molecule has 0 radical (unpaired) electrons. The second-order valence-electron chi connectivity index (χ2n) is 6.84. The second kappa shape index (κ2) is 5.97. The van der Waals surface area contributed by atoms with Gasteiger partial charge in [-0.25, -0.2) is 13.6 Å². The van der Waals surface area contributed by atoms with Crippen LogP contribution in [0.3, 0.4) is 0 Å². The quantitative estimate of drug-likeness (QED) is 0.750. The predicted molar refractivity (Wildman–Crippen MR) is 101 cm³/mol. The van der Waals surface area contributed by atoms with Crippen molar-refractivity contribution in [3.63, 3.8) is 0 Å². The molecule has 1 aliphatic carbocycles. The number of fused-ring (bicyclic) bond motifs is 2. The fraction of sp³-hybridized carbons (Fsp3) is 0.238. The molecule has 4 heteroatoms. The highest BCUT2D eigenvalue weighted by molar-refractivity contribution is 7.89. The van der Waals surface area contributed by atoms with Crippen molar-refractivity contribution >= 4 is 20.8 Å². The van der Waals surface area contributed by atoms with Crippen LogP contribution in [0.15, 0.2) is 59.5 Å². The van der Waals surface area contributed by atoms with E-state index in [-0.39, 0.29) is 10.8 Å². The van der Waals surface area contributed by atoms with Crippen LogP contribution in [0, 0.1) is 6.92 Å². The maximum absolute atomic E-state index is 12.2. The first-order chi connectivity index (χ1) is 12.0. The van der Waals surface area contributed by atoms with Gasteiger partial charge in [-0.15, -0.1) is 0 Å². The first kappa shape index (κ1) is 16.3. The molecule has 0 heterocycles. The van der Waals surface area contributed by atoms with Crippen LogP contribution in [0.2, 0.25) is 0 Å². The zero-order valence-corrected chi connectivity index (χ0v) is 15.0. The Morgan fingerprint density at radius 3 is 2.52 bits per heavy atom. The number of hydrogen-bond acceptors (Lipinski definition) is 2. The highest BCUT2D eigenvalue weighted by atomic mass is 32.2. The largest absolute Gasteiger partial charge is 0.238 e. The van der Waals surface area contributed by atoms with Crippen LogP contribution in [-0.4, -0.2) is 8.42 Å². The van der Waals surface area contributed by atoms with Gasteiger partial charge >= 0.3 is 0 Å². The van der Waals surface area contributed by atoms with E-state index in [2.05, 4.69) is 30.3 Å². The Kier molecular flexibility index (Phi) is 3.89. The first-order valence-electron chi connectivity index (χ1n) is 8.59. The number of hydrogen-bond donors (Lipinski definition) is 1. The number of benzene rings is 3. The van der Waals surface area contributed by atoms with Gasteiger partial charge < -0.3 is 0 Å². The van der Waals surface area contributed by atoms with Gasteiger partial charge in [-0.1, -0.05) is 48.5 Å². The normalized spacial score (nSPS) is 17.4. The molecule has 0 saturated carbocycles. The van der Waals surface area contributed by atoms with E-state index in [9.17, 15) is 8.42 Å². The summed E-state index contributed by atoms with van der Waals surface area (Å²) < 4.78 is 24.4. The van der Waals surface area contributed by atoms with Gasteiger partial charge in [0, 0.05) is 11.3 Å². The number of sulfonamides is 1. The van der Waals surface area contributed by atoms with Crippen molar-refractivity contribution in [2.45, 2.75) is 37.0 Å². The highest BCUT2D eigenvalue weighted by Gasteiger charge is 2.25. The third kappa shape index (κ3) is 2.75. The highest BCUT2D eigenvalue weighted by Crippen LogP contribution is 2.41. The summed E-state index contributed by atoms with van der Waals surface area (Å²) in [5, 5.41) is 7.29. The number of rotatable bonds is 2. The van der Waals surface area contributed by atoms with Crippen molar-refractivity contribution in [3.8, 4) is 0 Å². The van der Waals surface area contributed by atoms with Gasteiger partial charge in [-0.3, -0.25) is 0 Å². The Bertz CT molecular complexity index is 1070.